The third-order valence-electron chi connectivity index (χ3n) is 2.56. The molecule has 2 aromatic rings. The highest BCUT2D eigenvalue weighted by Gasteiger charge is 2.12. The van der Waals surface area contributed by atoms with Crippen molar-refractivity contribution in [3.8, 4) is 0 Å². The number of aryl methyl sites for hydroxylation is 1. The average molecular weight is 278 g/mol. The van der Waals surface area contributed by atoms with Crippen molar-refractivity contribution in [1.82, 2.24) is 15.1 Å². The summed E-state index contributed by atoms with van der Waals surface area (Å²) in [5.74, 6) is 2.27. The van der Waals surface area contributed by atoms with Crippen molar-refractivity contribution in [1.29, 1.82) is 0 Å². The van der Waals surface area contributed by atoms with Crippen molar-refractivity contribution in [2.75, 3.05) is 30.1 Å². The normalized spacial score (nSPS) is 12.2. The minimum Gasteiger partial charge on any atom is -0.393 e. The first-order chi connectivity index (χ1) is 9.60. The van der Waals surface area contributed by atoms with Crippen LogP contribution in [0.25, 0.3) is 0 Å². The van der Waals surface area contributed by atoms with Crippen LogP contribution >= 0.6 is 0 Å². The highest BCUT2D eigenvalue weighted by molar-refractivity contribution is 5.76. The van der Waals surface area contributed by atoms with Crippen LogP contribution in [0.2, 0.25) is 0 Å². The molecule has 0 fully saturated rings. The predicted molar refractivity (Wildman–Crippen MR) is 75.9 cm³/mol. The molecular weight excluding hydrogens is 260 g/mol. The fourth-order valence-electron chi connectivity index (χ4n) is 1.68. The summed E-state index contributed by atoms with van der Waals surface area (Å²) >= 11 is 0. The van der Waals surface area contributed by atoms with Gasteiger partial charge in [-0.3, -0.25) is 0 Å². The van der Waals surface area contributed by atoms with Crippen LogP contribution in [0.3, 0.4) is 0 Å². The van der Waals surface area contributed by atoms with Crippen LogP contribution in [0.1, 0.15) is 12.7 Å². The lowest BCUT2D eigenvalue weighted by atomic mass is 10.3. The highest BCUT2D eigenvalue weighted by atomic mass is 16.5. The van der Waals surface area contributed by atoms with E-state index in [9.17, 15) is 0 Å². The van der Waals surface area contributed by atoms with Crippen LogP contribution in [0, 0.1) is 6.92 Å². The predicted octanol–water partition coefficient (Wildman–Crippen LogP) is 1.55. The first-order valence-corrected chi connectivity index (χ1v) is 6.16. The maximum atomic E-state index is 6.03. The summed E-state index contributed by atoms with van der Waals surface area (Å²) in [4.78, 5) is 8.22. The van der Waals surface area contributed by atoms with Gasteiger partial charge in [0.2, 0.25) is 0 Å². The molecule has 2 rings (SSSR count). The lowest BCUT2D eigenvalue weighted by molar-refractivity contribution is 0.190. The molecule has 0 aromatic carbocycles. The number of nitrogens with one attached hydrogen (secondary N) is 2. The average Bonchev–Trinajstić information content (AvgIpc) is 2.80. The Morgan fingerprint density at radius 2 is 2.15 bits per heavy atom. The van der Waals surface area contributed by atoms with E-state index in [0.29, 0.717) is 35.5 Å². The van der Waals surface area contributed by atoms with E-state index in [1.165, 1.54) is 6.33 Å². The Morgan fingerprint density at radius 1 is 1.40 bits per heavy atom. The molecule has 0 aliphatic carbocycles. The summed E-state index contributed by atoms with van der Waals surface area (Å²) in [6, 6.07) is 1.83. The summed E-state index contributed by atoms with van der Waals surface area (Å²) in [5.41, 5.74) is 6.45. The Hall–Kier alpha value is -2.35. The van der Waals surface area contributed by atoms with Crippen LogP contribution in [0.5, 0.6) is 0 Å². The Morgan fingerprint density at radius 3 is 2.80 bits per heavy atom. The Kier molecular flexibility index (Phi) is 4.36. The molecule has 0 spiro atoms. The van der Waals surface area contributed by atoms with Crippen LogP contribution < -0.4 is 16.4 Å². The monoisotopic (exact) mass is 278 g/mol. The molecule has 8 heteroatoms. The third kappa shape index (κ3) is 3.35. The third-order valence-corrected chi connectivity index (χ3v) is 2.56. The number of nitrogens with two attached hydrogens (primary N) is 1. The van der Waals surface area contributed by atoms with Gasteiger partial charge in [-0.1, -0.05) is 5.16 Å². The van der Waals surface area contributed by atoms with Crippen molar-refractivity contribution < 1.29 is 9.26 Å². The quantitative estimate of drug-likeness (QED) is 0.729. The van der Waals surface area contributed by atoms with Crippen LogP contribution in [-0.4, -0.2) is 34.9 Å². The zero-order chi connectivity index (χ0) is 14.5. The first-order valence-electron chi connectivity index (χ1n) is 6.16. The highest BCUT2D eigenvalue weighted by Crippen LogP contribution is 2.25. The molecule has 8 nitrogen and oxygen atoms in total. The molecule has 0 aliphatic rings. The maximum absolute atomic E-state index is 6.03. The molecule has 108 valence electrons. The summed E-state index contributed by atoms with van der Waals surface area (Å²) in [7, 11) is 1.64. The van der Waals surface area contributed by atoms with Gasteiger partial charge in [0, 0.05) is 19.2 Å². The number of ether oxygens (including phenoxy) is 1. The lowest BCUT2D eigenvalue weighted by Gasteiger charge is -2.16. The van der Waals surface area contributed by atoms with Gasteiger partial charge in [-0.05, 0) is 13.8 Å². The van der Waals surface area contributed by atoms with Crippen molar-refractivity contribution in [3.05, 3.63) is 18.2 Å². The Bertz CT molecular complexity index is 571. The molecule has 2 aromatic heterocycles. The number of anilines is 4. The lowest BCUT2D eigenvalue weighted by Crippen LogP contribution is -2.22. The topological polar surface area (TPSA) is 111 Å². The molecule has 0 saturated heterocycles. The molecule has 0 saturated carbocycles. The second kappa shape index (κ2) is 6.20. The van der Waals surface area contributed by atoms with E-state index in [1.807, 2.05) is 6.92 Å². The Labute approximate surface area is 116 Å². The second-order valence-electron chi connectivity index (χ2n) is 4.43. The number of hydrogen-bond donors (Lipinski definition) is 3. The molecular formula is C12H18N6O2. The summed E-state index contributed by atoms with van der Waals surface area (Å²) in [6.45, 7) is 4.33. The van der Waals surface area contributed by atoms with Crippen LogP contribution in [0.4, 0.5) is 23.1 Å². The van der Waals surface area contributed by atoms with E-state index in [0.717, 1.165) is 0 Å². The largest absolute Gasteiger partial charge is 0.393 e. The van der Waals surface area contributed by atoms with Gasteiger partial charge >= 0.3 is 0 Å². The molecule has 0 bridgehead atoms. The van der Waals surface area contributed by atoms with Crippen LogP contribution in [-0.2, 0) is 4.74 Å². The standard InChI is InChI=1S/C12H18N6O2/c1-7(5-19-3)16-11-10(13)12(15-6-14-11)17-9-4-8(2)20-18-9/h4,6-7H,5,13H2,1-3H3,(H2,14,15,16,17,18). The van der Waals surface area contributed by atoms with Gasteiger partial charge in [0.25, 0.3) is 0 Å². The van der Waals surface area contributed by atoms with Gasteiger partial charge in [0.1, 0.15) is 17.8 Å². The van der Waals surface area contributed by atoms with Gasteiger partial charge in [-0.15, -0.1) is 0 Å². The van der Waals surface area contributed by atoms with Gasteiger partial charge in [-0.2, -0.15) is 0 Å². The number of nitrogens with zero attached hydrogens (tertiary/aromatic N) is 3. The number of hydrogen-bond acceptors (Lipinski definition) is 8. The van der Waals surface area contributed by atoms with E-state index in [-0.39, 0.29) is 6.04 Å². The van der Waals surface area contributed by atoms with E-state index in [4.69, 9.17) is 15.0 Å². The molecule has 1 unspecified atom stereocenters. The SMILES string of the molecule is COCC(C)Nc1ncnc(Nc2cc(C)on2)c1N. The number of aromatic nitrogens is 3. The van der Waals surface area contributed by atoms with E-state index in [1.54, 1.807) is 20.1 Å². The number of rotatable bonds is 6. The summed E-state index contributed by atoms with van der Waals surface area (Å²) < 4.78 is 10.0. The van der Waals surface area contributed by atoms with Crippen molar-refractivity contribution in [3.63, 3.8) is 0 Å². The zero-order valence-corrected chi connectivity index (χ0v) is 11.7. The smallest absolute Gasteiger partial charge is 0.175 e. The first kappa shape index (κ1) is 14.1. The molecule has 20 heavy (non-hydrogen) atoms. The maximum Gasteiger partial charge on any atom is 0.175 e. The molecule has 1 atom stereocenters. The zero-order valence-electron chi connectivity index (χ0n) is 11.7. The van der Waals surface area contributed by atoms with E-state index >= 15 is 0 Å². The minimum absolute atomic E-state index is 0.0827. The molecule has 0 aliphatic heterocycles. The van der Waals surface area contributed by atoms with Crippen molar-refractivity contribution >= 4 is 23.1 Å². The molecule has 4 N–H and O–H groups in total. The number of nitrogen functional groups attached to an aromatic ring is 1. The molecule has 2 heterocycles. The fraction of sp³-hybridized carbons (Fsp3) is 0.417. The summed E-state index contributed by atoms with van der Waals surface area (Å²) in [6.07, 6.45) is 1.42. The number of methoxy groups -OCH3 is 1. The van der Waals surface area contributed by atoms with Gasteiger partial charge in [0.05, 0.1) is 6.61 Å². The van der Waals surface area contributed by atoms with Crippen LogP contribution in [0.15, 0.2) is 16.9 Å². The van der Waals surface area contributed by atoms with E-state index < -0.39 is 0 Å². The fourth-order valence-corrected chi connectivity index (χ4v) is 1.68. The molecule has 0 radical (unpaired) electrons. The second-order valence-corrected chi connectivity index (χ2v) is 4.43. The van der Waals surface area contributed by atoms with Gasteiger partial charge in [0.15, 0.2) is 17.5 Å². The van der Waals surface area contributed by atoms with E-state index in [2.05, 4.69) is 25.8 Å². The van der Waals surface area contributed by atoms with Gasteiger partial charge < -0.3 is 25.6 Å². The molecule has 0 amide bonds. The Balaban J connectivity index is 2.14. The van der Waals surface area contributed by atoms with Crippen molar-refractivity contribution in [2.45, 2.75) is 19.9 Å². The minimum atomic E-state index is 0.0827. The summed E-state index contributed by atoms with van der Waals surface area (Å²) in [5, 5.41) is 9.97. The van der Waals surface area contributed by atoms with Gasteiger partial charge in [-0.25, -0.2) is 9.97 Å². The van der Waals surface area contributed by atoms with Crippen molar-refractivity contribution in [2.24, 2.45) is 0 Å².